The quantitative estimate of drug-likeness (QED) is 0.234. The largest absolute Gasteiger partial charge is 0.434 e. The van der Waals surface area contributed by atoms with Gasteiger partial charge in [0.15, 0.2) is 0 Å². The van der Waals surface area contributed by atoms with Crippen LogP contribution in [-0.4, -0.2) is 134 Å². The zero-order valence-corrected chi connectivity index (χ0v) is 18.3. The smallest absolute Gasteiger partial charge is 0.390 e. The summed E-state index contributed by atoms with van der Waals surface area (Å²) in [6, 6.07) is 0. The molecule has 2 aliphatic heterocycles. The second kappa shape index (κ2) is 10.9. The average Bonchev–Trinajstić information content (AvgIpc) is 3.26. The third-order valence-electron chi connectivity index (χ3n) is 6.70. The summed E-state index contributed by atoms with van der Waals surface area (Å²) in [4.78, 5) is 19.3. The summed E-state index contributed by atoms with van der Waals surface area (Å²) < 4.78 is 1.62. The standard InChI is InChI=1S/C14H23B10N5O2/c1-12(10-28-3-2-25-14(28)29(30)31)9-26-4-6-27(7-5-26)11-13-8-20(13)24(22(17)18)23(19)21(15)16/h2-3,12-13H,4-11H2,1H3. The summed E-state index contributed by atoms with van der Waals surface area (Å²) in [7, 11) is 29.7. The fourth-order valence-electron chi connectivity index (χ4n) is 4.97. The highest BCUT2D eigenvalue weighted by atomic mass is 16.6. The van der Waals surface area contributed by atoms with Gasteiger partial charge >= 0.3 is 5.95 Å². The zero-order chi connectivity index (χ0) is 22.7. The highest BCUT2D eigenvalue weighted by molar-refractivity contribution is 8.01. The van der Waals surface area contributed by atoms with Gasteiger partial charge in [-0.15, -0.1) is 0 Å². The maximum absolute atomic E-state index is 11.0. The van der Waals surface area contributed by atoms with Crippen molar-refractivity contribution in [2.24, 2.45) is 5.92 Å². The predicted molar refractivity (Wildman–Crippen MR) is 137 cm³/mol. The Labute approximate surface area is 194 Å². The van der Waals surface area contributed by atoms with Gasteiger partial charge < -0.3 is 19.9 Å². The van der Waals surface area contributed by atoms with Crippen LogP contribution in [0, 0.1) is 16.0 Å². The van der Waals surface area contributed by atoms with Gasteiger partial charge in [-0.1, -0.05) is 24.0 Å². The maximum Gasteiger partial charge on any atom is 0.434 e. The lowest BCUT2D eigenvalue weighted by Crippen LogP contribution is -2.63. The van der Waals surface area contributed by atoms with Crippen LogP contribution in [-0.2, 0) is 6.54 Å². The van der Waals surface area contributed by atoms with Crippen LogP contribution in [0.25, 0.3) is 0 Å². The number of hydrogen-bond acceptors (Lipinski definition) is 5. The van der Waals surface area contributed by atoms with Gasteiger partial charge in [-0.2, -0.15) is 0 Å². The van der Waals surface area contributed by atoms with Crippen molar-refractivity contribution in [3.8, 4) is 0 Å². The van der Waals surface area contributed by atoms with Crippen LogP contribution >= 0.6 is 0 Å². The summed E-state index contributed by atoms with van der Waals surface area (Å²) in [5.41, 5.74) is 0. The molecular weight excluding hydrogens is 378 g/mol. The van der Waals surface area contributed by atoms with E-state index in [4.69, 9.17) is 38.7 Å². The molecule has 10 radical (unpaired) electrons. The van der Waals surface area contributed by atoms with Crippen LogP contribution in [0.5, 0.6) is 0 Å². The van der Waals surface area contributed by atoms with Crippen molar-refractivity contribution >= 4 is 76.8 Å². The Hall–Kier alpha value is -0.821. The second-order valence-electron chi connectivity index (χ2n) is 9.31. The van der Waals surface area contributed by atoms with Gasteiger partial charge in [0.25, 0.3) is 0 Å². The fourth-order valence-corrected chi connectivity index (χ4v) is 4.97. The van der Waals surface area contributed by atoms with Gasteiger partial charge in [0.2, 0.25) is 0 Å². The number of nitro groups is 1. The Bertz CT molecular complexity index is 734. The molecule has 3 rings (SSSR count). The minimum Gasteiger partial charge on any atom is -0.390 e. The van der Waals surface area contributed by atoms with Gasteiger partial charge in [0.1, 0.15) is 12.4 Å². The average molecular weight is 401 g/mol. The maximum atomic E-state index is 11.0. The Morgan fingerprint density at radius 1 is 1.16 bits per heavy atom. The van der Waals surface area contributed by atoms with E-state index in [9.17, 15) is 10.1 Å². The molecule has 2 aliphatic rings. The van der Waals surface area contributed by atoms with E-state index < -0.39 is 17.7 Å². The molecule has 31 heavy (non-hydrogen) atoms. The molecule has 2 unspecified atom stereocenters. The van der Waals surface area contributed by atoms with Crippen molar-refractivity contribution in [3.05, 3.63) is 22.5 Å². The molecule has 0 amide bonds. The van der Waals surface area contributed by atoms with Crippen molar-refractivity contribution in [1.82, 2.24) is 19.4 Å². The first kappa shape index (κ1) is 24.8. The molecule has 2 fully saturated rings. The molecule has 1 aromatic rings. The second-order valence-corrected chi connectivity index (χ2v) is 9.31. The number of nitrogens with zero attached hydrogens (tertiary/aromatic N) is 5. The van der Waals surface area contributed by atoms with E-state index in [1.807, 2.05) is 0 Å². The molecule has 17 heteroatoms. The van der Waals surface area contributed by atoms with Gasteiger partial charge in [-0.25, -0.2) is 4.57 Å². The van der Waals surface area contributed by atoms with E-state index in [-0.39, 0.29) is 18.7 Å². The van der Waals surface area contributed by atoms with E-state index >= 15 is 0 Å². The molecule has 3 heterocycles. The predicted octanol–water partition coefficient (Wildman–Crippen LogP) is -2.46. The zero-order valence-electron chi connectivity index (χ0n) is 18.3. The number of aromatic nitrogens is 2. The summed E-state index contributed by atoms with van der Waals surface area (Å²) in [6.07, 6.45) is 2.64. The molecule has 2 saturated heterocycles. The van der Waals surface area contributed by atoms with Crippen molar-refractivity contribution in [1.29, 1.82) is 0 Å². The summed E-state index contributed by atoms with van der Waals surface area (Å²) in [6.45, 7) is 8.99. The third-order valence-corrected chi connectivity index (χ3v) is 6.70. The summed E-state index contributed by atoms with van der Waals surface area (Å²) >= 11 is 0. The minimum absolute atomic E-state index is 0.0561. The van der Waals surface area contributed by atoms with Gasteiger partial charge in [-0.05, 0) is 17.4 Å². The van der Waals surface area contributed by atoms with Crippen LogP contribution < -0.4 is 0 Å². The van der Waals surface area contributed by atoms with Crippen LogP contribution in [0.4, 0.5) is 5.95 Å². The van der Waals surface area contributed by atoms with E-state index in [0.29, 0.717) is 24.9 Å². The number of hydrogen-bond donors (Lipinski definition) is 0. The molecular formula is C14H23B10N5O2. The van der Waals surface area contributed by atoms with E-state index in [1.165, 1.54) is 6.20 Å². The Balaban J connectivity index is 1.40. The summed E-state index contributed by atoms with van der Waals surface area (Å²) in [5.74, 6) is 0.735. The molecule has 146 valence electrons. The van der Waals surface area contributed by atoms with Crippen molar-refractivity contribution < 1.29 is 4.92 Å². The minimum atomic E-state index is -0.616. The first-order valence-electron chi connectivity index (χ1n) is 11.1. The third kappa shape index (κ3) is 6.59. The fraction of sp³-hybridized carbons (Fsp3) is 0.786. The van der Waals surface area contributed by atoms with Crippen LogP contribution in [0.3, 0.4) is 0 Å². The van der Waals surface area contributed by atoms with Crippen molar-refractivity contribution in [2.75, 3.05) is 39.3 Å². The van der Waals surface area contributed by atoms with E-state index in [0.717, 1.165) is 45.6 Å². The van der Waals surface area contributed by atoms with Gasteiger partial charge in [0.05, 0.1) is 13.1 Å². The summed E-state index contributed by atoms with van der Waals surface area (Å²) in [5, 5.41) is 11.0. The highest BCUT2D eigenvalue weighted by Crippen LogP contribution is 2.40. The monoisotopic (exact) mass is 403 g/mol. The molecule has 0 saturated carbocycles. The topological polar surface area (TPSA) is 67.4 Å². The number of rotatable bonds is 11. The molecule has 1 aromatic heterocycles. The first-order valence-corrected chi connectivity index (χ1v) is 11.1. The normalized spacial score (nSPS) is 20.3. The lowest BCUT2D eigenvalue weighted by Gasteiger charge is -2.36. The van der Waals surface area contributed by atoms with Gasteiger partial charge in [-0.3, -0.25) is 0 Å². The molecule has 0 bridgehead atoms. The molecule has 0 spiro atoms. The van der Waals surface area contributed by atoms with E-state index in [1.54, 1.807) is 10.8 Å². The lowest BCUT2D eigenvalue weighted by atomic mass is 8.57. The van der Waals surface area contributed by atoms with Crippen LogP contribution in [0.15, 0.2) is 12.4 Å². The van der Waals surface area contributed by atoms with Crippen molar-refractivity contribution in [2.45, 2.75) is 25.6 Å². The number of piperazine rings is 1. The Morgan fingerprint density at radius 3 is 2.39 bits per heavy atom. The Kier molecular flexibility index (Phi) is 8.70. The highest BCUT2D eigenvalue weighted by Gasteiger charge is 2.50. The first-order chi connectivity index (χ1) is 14.7. The SMILES string of the molecule is [B]B([B])B([B])B(B([B])[B])B1CC1CN1CCN(CC(C)Cn2ccnc2[N+](=O)[O-])CC1. The van der Waals surface area contributed by atoms with Crippen LogP contribution in [0.2, 0.25) is 12.1 Å². The molecule has 0 aromatic carbocycles. The number of imidazole rings is 1. The van der Waals surface area contributed by atoms with E-state index in [2.05, 4.69) is 21.7 Å². The molecule has 0 aliphatic carbocycles. The lowest BCUT2D eigenvalue weighted by molar-refractivity contribution is -0.396. The van der Waals surface area contributed by atoms with Crippen molar-refractivity contribution in [3.63, 3.8) is 0 Å². The molecule has 2 atom stereocenters. The molecule has 7 nitrogen and oxygen atoms in total. The van der Waals surface area contributed by atoms with Gasteiger partial charge in [0, 0.05) is 96.9 Å². The van der Waals surface area contributed by atoms with Crippen LogP contribution in [0.1, 0.15) is 6.92 Å². The molecule has 0 N–H and O–H groups in total. The Morgan fingerprint density at radius 2 is 1.81 bits per heavy atom.